The fourth-order valence-corrected chi connectivity index (χ4v) is 3.32. The van der Waals surface area contributed by atoms with Crippen LogP contribution in [-0.2, 0) is 11.3 Å². The summed E-state index contributed by atoms with van der Waals surface area (Å²) in [6.45, 7) is 2.18. The second-order valence-electron chi connectivity index (χ2n) is 7.52. The third-order valence-corrected chi connectivity index (χ3v) is 4.76. The number of aromatic amines is 1. The van der Waals surface area contributed by atoms with E-state index in [1.54, 1.807) is 6.07 Å². The van der Waals surface area contributed by atoms with E-state index in [1.807, 2.05) is 50.5 Å². The molecule has 0 aliphatic rings. The molecule has 0 radical (unpaired) electrons. The first-order chi connectivity index (χ1) is 15.4. The number of imidazole rings is 1. The molecule has 0 fully saturated rings. The summed E-state index contributed by atoms with van der Waals surface area (Å²) in [7, 11) is 4.00. The van der Waals surface area contributed by atoms with Gasteiger partial charge in [-0.2, -0.15) is 4.98 Å². The smallest absolute Gasteiger partial charge is 0.229 e. The molecule has 2 heterocycles. The molecule has 0 aliphatic heterocycles. The van der Waals surface area contributed by atoms with E-state index in [-0.39, 0.29) is 5.91 Å². The number of nitrogens with zero attached hydrogens (tertiary/aromatic N) is 4. The third kappa shape index (κ3) is 5.13. The number of amides is 1. The molecule has 1 amide bonds. The molecule has 4 aromatic rings. The van der Waals surface area contributed by atoms with Crippen molar-refractivity contribution >= 4 is 57.4 Å². The summed E-state index contributed by atoms with van der Waals surface area (Å²) < 4.78 is 0. The van der Waals surface area contributed by atoms with Gasteiger partial charge in [-0.3, -0.25) is 4.79 Å². The molecule has 2 aromatic carbocycles. The number of anilines is 5. The van der Waals surface area contributed by atoms with Crippen molar-refractivity contribution in [3.8, 4) is 0 Å². The van der Waals surface area contributed by atoms with E-state index < -0.39 is 0 Å². The lowest BCUT2D eigenvalue weighted by Gasteiger charge is -2.13. The van der Waals surface area contributed by atoms with Crippen LogP contribution in [0, 0.1) is 0 Å². The highest BCUT2D eigenvalue weighted by atomic mass is 35.5. The minimum atomic E-state index is -0.168. The topological polar surface area (TPSA) is 111 Å². The number of hydrogen-bond acceptors (Lipinski definition) is 7. The minimum absolute atomic E-state index is 0.168. The molecule has 0 unspecified atom stereocenters. The van der Waals surface area contributed by atoms with Crippen LogP contribution < -0.4 is 16.0 Å². The number of hydrogen-bond donors (Lipinski definition) is 4. The van der Waals surface area contributed by atoms with E-state index >= 15 is 0 Å². The number of carbonyl (C=O) groups excluding carboxylic acids is 1. The van der Waals surface area contributed by atoms with E-state index in [1.165, 1.54) is 13.1 Å². The third-order valence-electron chi connectivity index (χ3n) is 4.49. The Morgan fingerprint density at radius 2 is 1.88 bits per heavy atom. The van der Waals surface area contributed by atoms with Gasteiger partial charge < -0.3 is 25.8 Å². The summed E-state index contributed by atoms with van der Waals surface area (Å²) in [4.78, 5) is 30.2. The van der Waals surface area contributed by atoms with Crippen LogP contribution in [0.2, 0.25) is 5.02 Å². The zero-order chi connectivity index (χ0) is 22.7. The van der Waals surface area contributed by atoms with Crippen molar-refractivity contribution < 1.29 is 4.79 Å². The average Bonchev–Trinajstić information content (AvgIpc) is 3.12. The quantitative estimate of drug-likeness (QED) is 0.327. The van der Waals surface area contributed by atoms with Crippen LogP contribution in [0.4, 0.5) is 28.8 Å². The van der Waals surface area contributed by atoms with Gasteiger partial charge in [0, 0.05) is 12.6 Å². The molecule has 0 aliphatic carbocycles. The molecule has 0 atom stereocenters. The fourth-order valence-electron chi connectivity index (χ4n) is 3.18. The van der Waals surface area contributed by atoms with E-state index in [0.29, 0.717) is 28.2 Å². The van der Waals surface area contributed by atoms with Crippen molar-refractivity contribution in [2.45, 2.75) is 13.5 Å². The Hall–Kier alpha value is -3.69. The molecule has 4 N–H and O–H groups in total. The summed E-state index contributed by atoms with van der Waals surface area (Å²) in [6, 6.07) is 13.1. The zero-order valence-corrected chi connectivity index (χ0v) is 18.7. The first-order valence-electron chi connectivity index (χ1n) is 9.94. The number of carbonyl (C=O) groups is 1. The molecule has 164 valence electrons. The minimum Gasteiger partial charge on any atom is -0.341 e. The van der Waals surface area contributed by atoms with Crippen molar-refractivity contribution in [3.63, 3.8) is 0 Å². The molecule has 0 saturated carbocycles. The van der Waals surface area contributed by atoms with Gasteiger partial charge in [0.15, 0.2) is 5.82 Å². The van der Waals surface area contributed by atoms with Crippen LogP contribution in [-0.4, -0.2) is 44.8 Å². The average molecular weight is 451 g/mol. The lowest BCUT2D eigenvalue weighted by atomic mass is 10.2. The van der Waals surface area contributed by atoms with Crippen molar-refractivity contribution in [2.75, 3.05) is 30.0 Å². The highest BCUT2D eigenvalue weighted by Gasteiger charge is 2.11. The van der Waals surface area contributed by atoms with Gasteiger partial charge in [0.2, 0.25) is 11.9 Å². The first-order valence-corrected chi connectivity index (χ1v) is 10.3. The number of benzene rings is 2. The molecule has 4 rings (SSSR count). The monoisotopic (exact) mass is 450 g/mol. The van der Waals surface area contributed by atoms with Gasteiger partial charge >= 0.3 is 0 Å². The fraction of sp³-hybridized carbons (Fsp3) is 0.182. The molecular formula is C22H23ClN8O. The molecule has 10 heteroatoms. The summed E-state index contributed by atoms with van der Waals surface area (Å²) in [5, 5.41) is 9.50. The van der Waals surface area contributed by atoms with Gasteiger partial charge in [-0.25, -0.2) is 9.97 Å². The SMILES string of the molecule is CC(=O)Nc1ccccc1Nc1nc(Nc2ccc3nc(CN(C)C)[nH]c3c2)ncc1Cl. The van der Waals surface area contributed by atoms with Crippen LogP contribution in [0.3, 0.4) is 0 Å². The lowest BCUT2D eigenvalue weighted by molar-refractivity contribution is -0.114. The highest BCUT2D eigenvalue weighted by molar-refractivity contribution is 6.33. The lowest BCUT2D eigenvalue weighted by Crippen LogP contribution is -2.11. The molecule has 32 heavy (non-hydrogen) atoms. The summed E-state index contributed by atoms with van der Waals surface area (Å²) in [5.41, 5.74) is 3.91. The maximum atomic E-state index is 11.5. The largest absolute Gasteiger partial charge is 0.341 e. The predicted molar refractivity (Wildman–Crippen MR) is 128 cm³/mol. The van der Waals surface area contributed by atoms with E-state index in [2.05, 4.69) is 40.8 Å². The van der Waals surface area contributed by atoms with E-state index in [9.17, 15) is 4.79 Å². The molecule has 0 spiro atoms. The number of fused-ring (bicyclic) bond motifs is 1. The number of rotatable bonds is 7. The molecular weight excluding hydrogens is 428 g/mol. The number of nitrogens with one attached hydrogen (secondary N) is 4. The summed E-state index contributed by atoms with van der Waals surface area (Å²) in [5.74, 6) is 1.52. The standard InChI is InChI=1S/C22H23ClN8O/c1-13(32)25-16-6-4-5-7-17(16)29-21-15(23)11-24-22(30-21)26-14-8-9-18-19(10-14)28-20(27-18)12-31(2)3/h4-11H,12H2,1-3H3,(H,25,32)(H,27,28)(H2,24,26,29,30). The highest BCUT2D eigenvalue weighted by Crippen LogP contribution is 2.29. The molecule has 0 bridgehead atoms. The van der Waals surface area contributed by atoms with Crippen molar-refractivity contribution in [2.24, 2.45) is 0 Å². The number of aromatic nitrogens is 4. The van der Waals surface area contributed by atoms with Crippen molar-refractivity contribution in [1.29, 1.82) is 0 Å². The molecule has 0 saturated heterocycles. The van der Waals surface area contributed by atoms with Crippen LogP contribution in [0.5, 0.6) is 0 Å². The van der Waals surface area contributed by atoms with Gasteiger partial charge in [-0.05, 0) is 44.4 Å². The first kappa shape index (κ1) is 21.5. The van der Waals surface area contributed by atoms with Crippen LogP contribution in [0.25, 0.3) is 11.0 Å². The number of para-hydroxylation sites is 2. The maximum Gasteiger partial charge on any atom is 0.229 e. The van der Waals surface area contributed by atoms with E-state index in [4.69, 9.17) is 11.6 Å². The Morgan fingerprint density at radius 1 is 1.09 bits per heavy atom. The Morgan fingerprint density at radius 3 is 2.62 bits per heavy atom. The Balaban J connectivity index is 1.56. The van der Waals surface area contributed by atoms with Gasteiger partial charge in [0.1, 0.15) is 10.8 Å². The Bertz CT molecular complexity index is 1270. The predicted octanol–water partition coefficient (Wildman–Crippen LogP) is 4.51. The number of H-pyrrole nitrogens is 1. The normalized spacial score (nSPS) is 11.0. The second-order valence-corrected chi connectivity index (χ2v) is 7.93. The molecule has 9 nitrogen and oxygen atoms in total. The van der Waals surface area contributed by atoms with Crippen LogP contribution in [0.15, 0.2) is 48.7 Å². The zero-order valence-electron chi connectivity index (χ0n) is 17.9. The van der Waals surface area contributed by atoms with Gasteiger partial charge in [0.05, 0.1) is 35.1 Å². The van der Waals surface area contributed by atoms with Gasteiger partial charge in [-0.1, -0.05) is 23.7 Å². The van der Waals surface area contributed by atoms with Crippen LogP contribution >= 0.6 is 11.6 Å². The Labute approximate surface area is 190 Å². The Kier molecular flexibility index (Phi) is 6.20. The van der Waals surface area contributed by atoms with Gasteiger partial charge in [0.25, 0.3) is 0 Å². The van der Waals surface area contributed by atoms with Crippen molar-refractivity contribution in [3.05, 3.63) is 59.5 Å². The van der Waals surface area contributed by atoms with Crippen LogP contribution in [0.1, 0.15) is 12.7 Å². The second kappa shape index (κ2) is 9.21. The molecule has 2 aromatic heterocycles. The number of halogens is 1. The van der Waals surface area contributed by atoms with E-state index in [0.717, 1.165) is 29.1 Å². The summed E-state index contributed by atoms with van der Waals surface area (Å²) in [6.07, 6.45) is 1.52. The van der Waals surface area contributed by atoms with Crippen molar-refractivity contribution in [1.82, 2.24) is 24.8 Å². The van der Waals surface area contributed by atoms with Gasteiger partial charge in [-0.15, -0.1) is 0 Å². The maximum absolute atomic E-state index is 11.5. The summed E-state index contributed by atoms with van der Waals surface area (Å²) >= 11 is 6.31.